The van der Waals surface area contributed by atoms with Crippen molar-refractivity contribution in [1.29, 1.82) is 0 Å². The van der Waals surface area contributed by atoms with Gasteiger partial charge in [-0.05, 0) is 25.1 Å². The standard InChI is InChI=1S/C14H15NO4/c1-4-18-14-11-7-10(19-9(3)17)5-6-12(11)15-13(14)8(2)16/h5-7,15H,4H2,1-3H3. The number of Topliss-reactive ketones (excluding diaryl/α,β-unsaturated/α-hetero) is 1. The highest BCUT2D eigenvalue weighted by Gasteiger charge is 2.16. The van der Waals surface area contributed by atoms with Crippen molar-refractivity contribution < 1.29 is 19.1 Å². The second-order valence-corrected chi connectivity index (χ2v) is 4.12. The SMILES string of the molecule is CCOc1c(C(C)=O)[nH]c2ccc(OC(C)=O)cc12. The van der Waals surface area contributed by atoms with E-state index in [1.807, 2.05) is 6.92 Å². The van der Waals surface area contributed by atoms with E-state index in [0.29, 0.717) is 23.8 Å². The number of hydrogen-bond acceptors (Lipinski definition) is 4. The lowest BCUT2D eigenvalue weighted by molar-refractivity contribution is -0.131. The molecule has 0 aliphatic rings. The van der Waals surface area contributed by atoms with Gasteiger partial charge in [-0.25, -0.2) is 0 Å². The molecule has 0 saturated carbocycles. The van der Waals surface area contributed by atoms with E-state index < -0.39 is 0 Å². The average molecular weight is 261 g/mol. The maximum absolute atomic E-state index is 11.6. The zero-order valence-electron chi connectivity index (χ0n) is 11.1. The first kappa shape index (κ1) is 13.1. The van der Waals surface area contributed by atoms with Crippen molar-refractivity contribution in [3.8, 4) is 11.5 Å². The highest BCUT2D eigenvalue weighted by Crippen LogP contribution is 2.33. The zero-order chi connectivity index (χ0) is 14.0. The number of rotatable bonds is 4. The van der Waals surface area contributed by atoms with Crippen LogP contribution < -0.4 is 9.47 Å². The van der Waals surface area contributed by atoms with Crippen LogP contribution in [0.3, 0.4) is 0 Å². The minimum absolute atomic E-state index is 0.103. The quantitative estimate of drug-likeness (QED) is 0.522. The van der Waals surface area contributed by atoms with Crippen LogP contribution in [0.1, 0.15) is 31.3 Å². The van der Waals surface area contributed by atoms with Gasteiger partial charge < -0.3 is 14.5 Å². The number of hydrogen-bond donors (Lipinski definition) is 1. The molecular formula is C14H15NO4. The molecule has 5 heteroatoms. The van der Waals surface area contributed by atoms with Gasteiger partial charge in [0.25, 0.3) is 0 Å². The molecule has 0 aliphatic heterocycles. The van der Waals surface area contributed by atoms with E-state index in [1.165, 1.54) is 13.8 Å². The van der Waals surface area contributed by atoms with Crippen LogP contribution in [0.15, 0.2) is 18.2 Å². The van der Waals surface area contributed by atoms with E-state index in [2.05, 4.69) is 4.98 Å². The Kier molecular flexibility index (Phi) is 3.55. The molecule has 2 aromatic rings. The Morgan fingerprint density at radius 3 is 2.58 bits per heavy atom. The van der Waals surface area contributed by atoms with Crippen molar-refractivity contribution in [2.45, 2.75) is 20.8 Å². The summed E-state index contributed by atoms with van der Waals surface area (Å²) in [5.41, 5.74) is 1.20. The van der Waals surface area contributed by atoms with Gasteiger partial charge in [-0.15, -0.1) is 0 Å². The van der Waals surface area contributed by atoms with Gasteiger partial charge in [0, 0.05) is 19.2 Å². The molecule has 0 amide bonds. The lowest BCUT2D eigenvalue weighted by Gasteiger charge is -2.04. The van der Waals surface area contributed by atoms with E-state index in [-0.39, 0.29) is 11.8 Å². The van der Waals surface area contributed by atoms with Crippen LogP contribution >= 0.6 is 0 Å². The number of carbonyl (C=O) groups is 2. The normalized spacial score (nSPS) is 10.5. The molecule has 2 rings (SSSR count). The van der Waals surface area contributed by atoms with E-state index in [4.69, 9.17) is 9.47 Å². The average Bonchev–Trinajstić information content (AvgIpc) is 2.68. The summed E-state index contributed by atoms with van der Waals surface area (Å²) in [5, 5.41) is 0.728. The first-order valence-corrected chi connectivity index (χ1v) is 6.00. The van der Waals surface area contributed by atoms with E-state index >= 15 is 0 Å². The summed E-state index contributed by atoms with van der Waals surface area (Å²) in [5.74, 6) is 0.433. The van der Waals surface area contributed by atoms with Crippen molar-refractivity contribution in [2.24, 2.45) is 0 Å². The number of carbonyl (C=O) groups excluding carboxylic acids is 2. The molecule has 100 valence electrons. The number of nitrogens with one attached hydrogen (secondary N) is 1. The lowest BCUT2D eigenvalue weighted by atomic mass is 10.2. The second kappa shape index (κ2) is 5.14. The molecule has 0 fully saturated rings. The molecule has 1 heterocycles. The molecule has 0 bridgehead atoms. The van der Waals surface area contributed by atoms with Crippen LogP contribution in [0.25, 0.3) is 10.9 Å². The van der Waals surface area contributed by atoms with Crippen molar-refractivity contribution in [2.75, 3.05) is 6.61 Å². The third kappa shape index (κ3) is 2.59. The summed E-state index contributed by atoms with van der Waals surface area (Å²) in [7, 11) is 0. The second-order valence-electron chi connectivity index (χ2n) is 4.12. The van der Waals surface area contributed by atoms with Crippen LogP contribution in [-0.4, -0.2) is 23.3 Å². The van der Waals surface area contributed by atoms with Gasteiger partial charge in [0.15, 0.2) is 11.5 Å². The number of aromatic amines is 1. The first-order valence-electron chi connectivity index (χ1n) is 6.00. The predicted molar refractivity (Wildman–Crippen MR) is 70.8 cm³/mol. The van der Waals surface area contributed by atoms with Crippen molar-refractivity contribution in [3.05, 3.63) is 23.9 Å². The molecule has 1 N–H and O–H groups in total. The summed E-state index contributed by atoms with van der Waals surface area (Å²) in [6.45, 7) is 5.11. The fourth-order valence-electron chi connectivity index (χ4n) is 1.92. The molecule has 0 aliphatic carbocycles. The van der Waals surface area contributed by atoms with Gasteiger partial charge >= 0.3 is 5.97 Å². The van der Waals surface area contributed by atoms with Gasteiger partial charge in [0.05, 0.1) is 12.1 Å². The van der Waals surface area contributed by atoms with E-state index in [9.17, 15) is 9.59 Å². The molecule has 0 radical (unpaired) electrons. The van der Waals surface area contributed by atoms with Gasteiger partial charge in [0.1, 0.15) is 11.4 Å². The van der Waals surface area contributed by atoms with E-state index in [1.54, 1.807) is 18.2 Å². The maximum Gasteiger partial charge on any atom is 0.308 e. The molecule has 5 nitrogen and oxygen atoms in total. The highest BCUT2D eigenvalue weighted by molar-refractivity contribution is 6.03. The molecule has 0 saturated heterocycles. The third-order valence-electron chi connectivity index (χ3n) is 2.62. The smallest absolute Gasteiger partial charge is 0.308 e. The molecule has 0 atom stereocenters. The predicted octanol–water partition coefficient (Wildman–Crippen LogP) is 2.69. The Balaban J connectivity index is 2.58. The van der Waals surface area contributed by atoms with Crippen molar-refractivity contribution in [1.82, 2.24) is 4.98 Å². The number of aromatic nitrogens is 1. The lowest BCUT2D eigenvalue weighted by Crippen LogP contribution is -2.01. The number of esters is 1. The van der Waals surface area contributed by atoms with Gasteiger partial charge in [-0.3, -0.25) is 9.59 Å². The summed E-state index contributed by atoms with van der Waals surface area (Å²) in [6, 6.07) is 5.10. The van der Waals surface area contributed by atoms with Gasteiger partial charge in [-0.2, -0.15) is 0 Å². The minimum Gasteiger partial charge on any atom is -0.491 e. The number of benzene rings is 1. The Morgan fingerprint density at radius 2 is 2.00 bits per heavy atom. The van der Waals surface area contributed by atoms with Gasteiger partial charge in [0.2, 0.25) is 0 Å². The maximum atomic E-state index is 11.6. The minimum atomic E-state index is -0.389. The fraction of sp³-hybridized carbons (Fsp3) is 0.286. The Hall–Kier alpha value is -2.30. The van der Waals surface area contributed by atoms with Gasteiger partial charge in [-0.1, -0.05) is 0 Å². The molecule has 19 heavy (non-hydrogen) atoms. The Bertz CT molecular complexity index is 642. The van der Waals surface area contributed by atoms with Crippen LogP contribution in [0, 0.1) is 0 Å². The van der Waals surface area contributed by atoms with Crippen LogP contribution in [-0.2, 0) is 4.79 Å². The molecule has 1 aromatic carbocycles. The largest absolute Gasteiger partial charge is 0.491 e. The summed E-state index contributed by atoms with van der Waals surface area (Å²) < 4.78 is 10.6. The van der Waals surface area contributed by atoms with E-state index in [0.717, 1.165) is 10.9 Å². The summed E-state index contributed by atoms with van der Waals surface area (Å²) in [6.07, 6.45) is 0. The third-order valence-corrected chi connectivity index (χ3v) is 2.62. The van der Waals surface area contributed by atoms with Crippen LogP contribution in [0.4, 0.5) is 0 Å². The fourth-order valence-corrected chi connectivity index (χ4v) is 1.92. The number of ketones is 1. The number of H-pyrrole nitrogens is 1. The summed E-state index contributed by atoms with van der Waals surface area (Å²) >= 11 is 0. The number of ether oxygens (including phenoxy) is 2. The Labute approximate surface area is 110 Å². The monoisotopic (exact) mass is 261 g/mol. The topological polar surface area (TPSA) is 68.4 Å². The van der Waals surface area contributed by atoms with Crippen LogP contribution in [0.5, 0.6) is 11.5 Å². The number of fused-ring (bicyclic) bond motifs is 1. The summed E-state index contributed by atoms with van der Waals surface area (Å²) in [4.78, 5) is 25.5. The first-order chi connectivity index (χ1) is 9.02. The molecule has 0 spiro atoms. The molecular weight excluding hydrogens is 246 g/mol. The van der Waals surface area contributed by atoms with Crippen molar-refractivity contribution in [3.63, 3.8) is 0 Å². The molecule has 0 unspecified atom stereocenters. The molecule has 1 aromatic heterocycles. The zero-order valence-corrected chi connectivity index (χ0v) is 11.1. The Morgan fingerprint density at radius 1 is 1.26 bits per heavy atom. The van der Waals surface area contributed by atoms with Crippen LogP contribution in [0.2, 0.25) is 0 Å². The van der Waals surface area contributed by atoms with Crippen molar-refractivity contribution >= 4 is 22.7 Å². The highest BCUT2D eigenvalue weighted by atomic mass is 16.5.